The molecular formula is C7H13NO5S. The van der Waals surface area contributed by atoms with Gasteiger partial charge in [-0.1, -0.05) is 0 Å². The van der Waals surface area contributed by atoms with Crippen molar-refractivity contribution in [1.82, 2.24) is 5.32 Å². The molecule has 82 valence electrons. The highest BCUT2D eigenvalue weighted by atomic mass is 32.2. The van der Waals surface area contributed by atoms with E-state index in [4.69, 9.17) is 5.11 Å². The zero-order valence-corrected chi connectivity index (χ0v) is 8.80. The summed E-state index contributed by atoms with van der Waals surface area (Å²) < 4.78 is 21.3. The van der Waals surface area contributed by atoms with Crippen molar-refractivity contribution < 1.29 is 23.1 Å². The first-order chi connectivity index (χ1) is 6.22. The fourth-order valence-electron chi connectivity index (χ4n) is 0.653. The second-order valence-corrected chi connectivity index (χ2v) is 5.27. The van der Waals surface area contributed by atoms with Crippen LogP contribution in [0.3, 0.4) is 0 Å². The van der Waals surface area contributed by atoms with Crippen molar-refractivity contribution in [2.75, 3.05) is 12.0 Å². The van der Waals surface area contributed by atoms with Crippen LogP contribution in [0.25, 0.3) is 0 Å². The first-order valence-electron chi connectivity index (χ1n) is 3.92. The normalized spacial score (nSPS) is 13.3. The van der Waals surface area contributed by atoms with Crippen LogP contribution in [0, 0.1) is 0 Å². The van der Waals surface area contributed by atoms with Gasteiger partial charge in [-0.05, 0) is 6.92 Å². The van der Waals surface area contributed by atoms with Crippen LogP contribution in [0.15, 0.2) is 0 Å². The molecule has 0 aromatic carbocycles. The third-order valence-electron chi connectivity index (χ3n) is 1.45. The SMILES string of the molecule is CC(NC(=O)CCS(C)(=O)=O)C(=O)O. The molecule has 0 heterocycles. The molecule has 1 unspecified atom stereocenters. The standard InChI is InChI=1S/C7H13NO5S/c1-5(7(10)11)8-6(9)3-4-14(2,12)13/h5H,3-4H2,1-2H3,(H,8,9)(H,10,11). The summed E-state index contributed by atoms with van der Waals surface area (Å²) in [6, 6.07) is -0.998. The van der Waals surface area contributed by atoms with Gasteiger partial charge < -0.3 is 10.4 Å². The molecule has 1 amide bonds. The van der Waals surface area contributed by atoms with Gasteiger partial charge in [0.25, 0.3) is 0 Å². The first kappa shape index (κ1) is 12.9. The third kappa shape index (κ3) is 6.41. The summed E-state index contributed by atoms with van der Waals surface area (Å²) in [5, 5.41) is 10.6. The number of rotatable bonds is 5. The van der Waals surface area contributed by atoms with Crippen LogP contribution in [0.4, 0.5) is 0 Å². The number of hydrogen-bond acceptors (Lipinski definition) is 4. The van der Waals surface area contributed by atoms with Crippen molar-refractivity contribution in [2.45, 2.75) is 19.4 Å². The molecule has 0 rings (SSSR count). The first-order valence-corrected chi connectivity index (χ1v) is 5.98. The van der Waals surface area contributed by atoms with E-state index in [1.54, 1.807) is 0 Å². The average molecular weight is 223 g/mol. The van der Waals surface area contributed by atoms with E-state index in [0.29, 0.717) is 0 Å². The second-order valence-electron chi connectivity index (χ2n) is 3.01. The molecule has 0 aliphatic rings. The van der Waals surface area contributed by atoms with Gasteiger partial charge in [-0.25, -0.2) is 8.42 Å². The Morgan fingerprint density at radius 1 is 1.43 bits per heavy atom. The molecule has 1 atom stereocenters. The highest BCUT2D eigenvalue weighted by Gasteiger charge is 2.14. The van der Waals surface area contributed by atoms with E-state index < -0.39 is 27.8 Å². The van der Waals surface area contributed by atoms with Crippen LogP contribution in [-0.4, -0.2) is 43.5 Å². The Morgan fingerprint density at radius 2 is 1.93 bits per heavy atom. The van der Waals surface area contributed by atoms with E-state index >= 15 is 0 Å². The molecular weight excluding hydrogens is 210 g/mol. The minimum atomic E-state index is -3.18. The lowest BCUT2D eigenvalue weighted by molar-refractivity contribution is -0.141. The lowest BCUT2D eigenvalue weighted by Crippen LogP contribution is -2.38. The quantitative estimate of drug-likeness (QED) is 0.623. The fourth-order valence-corrected chi connectivity index (χ4v) is 1.21. The summed E-state index contributed by atoms with van der Waals surface area (Å²) in [5.41, 5.74) is 0. The maximum absolute atomic E-state index is 11.0. The highest BCUT2D eigenvalue weighted by Crippen LogP contribution is 1.90. The monoisotopic (exact) mass is 223 g/mol. The number of aliphatic carboxylic acids is 1. The van der Waals surface area contributed by atoms with E-state index in [2.05, 4.69) is 5.32 Å². The molecule has 2 N–H and O–H groups in total. The number of carboxylic acid groups (broad SMARTS) is 1. The summed E-state index contributed by atoms with van der Waals surface area (Å²) in [6.07, 6.45) is 0.803. The molecule has 0 aliphatic carbocycles. The largest absolute Gasteiger partial charge is 0.480 e. The lowest BCUT2D eigenvalue weighted by Gasteiger charge is -2.08. The van der Waals surface area contributed by atoms with Gasteiger partial charge in [0.15, 0.2) is 0 Å². The van der Waals surface area contributed by atoms with E-state index in [0.717, 1.165) is 6.26 Å². The Hall–Kier alpha value is -1.11. The van der Waals surface area contributed by atoms with Gasteiger partial charge in [0, 0.05) is 12.7 Å². The maximum Gasteiger partial charge on any atom is 0.325 e. The van der Waals surface area contributed by atoms with Gasteiger partial charge in [0.2, 0.25) is 5.91 Å². The minimum Gasteiger partial charge on any atom is -0.480 e. The zero-order valence-electron chi connectivity index (χ0n) is 7.98. The van der Waals surface area contributed by atoms with Gasteiger partial charge >= 0.3 is 5.97 Å². The number of carboxylic acids is 1. The third-order valence-corrected chi connectivity index (χ3v) is 2.39. The smallest absolute Gasteiger partial charge is 0.325 e. The van der Waals surface area contributed by atoms with Crippen LogP contribution in [-0.2, 0) is 19.4 Å². The number of amides is 1. The van der Waals surface area contributed by atoms with Gasteiger partial charge in [0.05, 0.1) is 5.75 Å². The molecule has 14 heavy (non-hydrogen) atoms. The summed E-state index contributed by atoms with van der Waals surface area (Å²) in [6.45, 7) is 1.31. The van der Waals surface area contributed by atoms with Crippen molar-refractivity contribution in [3.63, 3.8) is 0 Å². The Bertz CT molecular complexity index is 321. The summed E-state index contributed by atoms with van der Waals surface area (Å²) in [4.78, 5) is 21.3. The Kier molecular flexibility index (Phi) is 4.55. The number of nitrogens with one attached hydrogen (secondary N) is 1. The van der Waals surface area contributed by atoms with Crippen molar-refractivity contribution in [1.29, 1.82) is 0 Å². The van der Waals surface area contributed by atoms with Gasteiger partial charge in [-0.2, -0.15) is 0 Å². The number of hydrogen-bond donors (Lipinski definition) is 2. The van der Waals surface area contributed by atoms with Crippen molar-refractivity contribution >= 4 is 21.7 Å². The van der Waals surface area contributed by atoms with E-state index in [1.807, 2.05) is 0 Å². The molecule has 0 saturated carbocycles. The van der Waals surface area contributed by atoms with Crippen molar-refractivity contribution in [3.05, 3.63) is 0 Å². The van der Waals surface area contributed by atoms with Crippen LogP contribution in [0.1, 0.15) is 13.3 Å². The molecule has 0 spiro atoms. The Labute approximate surface area is 82.2 Å². The Morgan fingerprint density at radius 3 is 2.29 bits per heavy atom. The molecule has 0 aromatic heterocycles. The minimum absolute atomic E-state index is 0.212. The molecule has 7 heteroatoms. The topological polar surface area (TPSA) is 101 Å². The van der Waals surface area contributed by atoms with E-state index in [1.165, 1.54) is 6.92 Å². The predicted octanol–water partition coefficient (Wildman–Crippen LogP) is -0.990. The van der Waals surface area contributed by atoms with Crippen LogP contribution >= 0.6 is 0 Å². The lowest BCUT2D eigenvalue weighted by atomic mass is 10.3. The molecule has 0 bridgehead atoms. The summed E-state index contributed by atoms with van der Waals surface area (Å²) in [5.74, 6) is -2.01. The van der Waals surface area contributed by atoms with Gasteiger partial charge in [-0.15, -0.1) is 0 Å². The summed E-state index contributed by atoms with van der Waals surface area (Å²) >= 11 is 0. The maximum atomic E-state index is 11.0. The number of sulfone groups is 1. The molecule has 0 radical (unpaired) electrons. The van der Waals surface area contributed by atoms with Crippen LogP contribution in [0.2, 0.25) is 0 Å². The van der Waals surface area contributed by atoms with E-state index in [9.17, 15) is 18.0 Å². The van der Waals surface area contributed by atoms with Gasteiger partial charge in [-0.3, -0.25) is 9.59 Å². The molecule has 0 aliphatic heterocycles. The second kappa shape index (κ2) is 4.94. The zero-order chi connectivity index (χ0) is 11.4. The predicted molar refractivity (Wildman–Crippen MR) is 49.6 cm³/mol. The van der Waals surface area contributed by atoms with Gasteiger partial charge in [0.1, 0.15) is 15.9 Å². The number of carbonyl (C=O) groups excluding carboxylic acids is 1. The number of carbonyl (C=O) groups is 2. The molecule has 6 nitrogen and oxygen atoms in total. The fraction of sp³-hybridized carbons (Fsp3) is 0.714. The highest BCUT2D eigenvalue weighted by molar-refractivity contribution is 7.90. The average Bonchev–Trinajstić information content (AvgIpc) is 1.99. The molecule has 0 aromatic rings. The van der Waals surface area contributed by atoms with Crippen LogP contribution < -0.4 is 5.32 Å². The van der Waals surface area contributed by atoms with Crippen molar-refractivity contribution in [3.8, 4) is 0 Å². The van der Waals surface area contributed by atoms with Crippen LogP contribution in [0.5, 0.6) is 0 Å². The van der Waals surface area contributed by atoms with Crippen molar-refractivity contribution in [2.24, 2.45) is 0 Å². The summed E-state index contributed by atoms with van der Waals surface area (Å²) in [7, 11) is -3.18. The molecule has 0 fully saturated rings. The molecule has 0 saturated heterocycles. The van der Waals surface area contributed by atoms with E-state index in [-0.39, 0.29) is 12.2 Å². The Balaban J connectivity index is 3.95.